The van der Waals surface area contributed by atoms with E-state index in [1.165, 1.54) is 16.7 Å². The third-order valence-electron chi connectivity index (χ3n) is 4.08. The molecule has 0 saturated heterocycles. The molecule has 118 valence electrons. The van der Waals surface area contributed by atoms with Crippen molar-refractivity contribution in [3.63, 3.8) is 0 Å². The zero-order valence-corrected chi connectivity index (χ0v) is 16.5. The van der Waals surface area contributed by atoms with Crippen molar-refractivity contribution in [2.45, 2.75) is 16.6 Å². The summed E-state index contributed by atoms with van der Waals surface area (Å²) in [5, 5.41) is 0. The molecule has 1 unspecified atom stereocenters. The van der Waals surface area contributed by atoms with Gasteiger partial charge in [-0.15, -0.1) is 0 Å². The number of hydrogen-bond donors (Lipinski definition) is 0. The van der Waals surface area contributed by atoms with Gasteiger partial charge in [-0.3, -0.25) is 0 Å². The maximum Gasteiger partial charge on any atom is -1.00 e. The fraction of sp³-hybridized carbons (Fsp3) is 0.158. The van der Waals surface area contributed by atoms with Crippen LogP contribution in [0.2, 0.25) is 3.72 Å². The molecule has 0 radical (unpaired) electrons. The van der Waals surface area contributed by atoms with Gasteiger partial charge in [-0.1, -0.05) is 0 Å². The second kappa shape index (κ2) is 9.72. The van der Waals surface area contributed by atoms with Crippen LogP contribution in [0.15, 0.2) is 84.5 Å². The van der Waals surface area contributed by atoms with E-state index in [9.17, 15) is 0 Å². The fourth-order valence-electron chi connectivity index (χ4n) is 2.95. The molecule has 0 N–H and O–H groups in total. The molecule has 4 heteroatoms. The predicted molar refractivity (Wildman–Crippen MR) is 80.3 cm³/mol. The molecule has 1 atom stereocenters. The first kappa shape index (κ1) is 22.5. The zero-order chi connectivity index (χ0) is 14.0. The molecular weight excluding hydrogens is 382 g/mol. The second-order valence-electron chi connectivity index (χ2n) is 5.33. The van der Waals surface area contributed by atoms with E-state index < -0.39 is 0 Å². The minimum atomic E-state index is 0. The van der Waals surface area contributed by atoms with Crippen LogP contribution in [0.5, 0.6) is 0 Å². The van der Waals surface area contributed by atoms with E-state index in [0.29, 0.717) is 5.92 Å². The van der Waals surface area contributed by atoms with Crippen molar-refractivity contribution in [1.29, 1.82) is 0 Å². The van der Waals surface area contributed by atoms with E-state index in [2.05, 4.69) is 106 Å². The Labute approximate surface area is 169 Å². The van der Waals surface area contributed by atoms with Crippen LogP contribution < -0.4 is 37.2 Å². The molecule has 3 rings (SSSR count). The normalized spacial score (nSPS) is 18.5. The van der Waals surface area contributed by atoms with E-state index in [1.807, 2.05) is 0 Å². The van der Waals surface area contributed by atoms with Crippen LogP contribution in [0, 0.1) is 0 Å². The summed E-state index contributed by atoms with van der Waals surface area (Å²) in [5.74, 6) is 0.361. The van der Waals surface area contributed by atoms with Gasteiger partial charge in [0.15, 0.2) is 0 Å². The van der Waals surface area contributed by atoms with Gasteiger partial charge >= 0.3 is 133 Å². The average Bonchev–Trinajstić information content (AvgIpc) is 2.82. The molecule has 0 aromatic heterocycles. The molecule has 1 aliphatic rings. The molecule has 0 aliphatic heterocycles. The summed E-state index contributed by atoms with van der Waals surface area (Å²) < 4.78 is 0.0582. The minimum Gasteiger partial charge on any atom is -1.00 e. The second-order valence-corrected chi connectivity index (χ2v) is 6.62. The predicted octanol–water partition coefficient (Wildman–Crippen LogP) is -3.95. The molecule has 0 amide bonds. The first-order valence-corrected chi connectivity index (χ1v) is 7.71. The first-order valence-electron chi connectivity index (χ1n) is 6.93. The van der Waals surface area contributed by atoms with Gasteiger partial charge in [0.1, 0.15) is 0 Å². The van der Waals surface area contributed by atoms with Gasteiger partial charge in [-0.2, -0.15) is 0 Å². The summed E-state index contributed by atoms with van der Waals surface area (Å²) >= 11 is 2.34. The van der Waals surface area contributed by atoms with Crippen molar-refractivity contribution < 1.29 is 57.7 Å². The molecule has 1 aliphatic carbocycles. The molecule has 0 nitrogen and oxygen atoms in total. The number of allylic oxidation sites excluding steroid dienone is 4. The van der Waals surface area contributed by atoms with Gasteiger partial charge in [-0.05, 0) is 0 Å². The Bertz CT molecular complexity index is 613. The number of benzene rings is 2. The smallest absolute Gasteiger partial charge is 1.00 e. The molecule has 0 spiro atoms. The third kappa shape index (κ3) is 4.53. The molecular formula is C19H17Cl3Ti. The summed E-state index contributed by atoms with van der Waals surface area (Å²) in [4.78, 5) is 0. The first-order chi connectivity index (χ1) is 9.72. The van der Waals surface area contributed by atoms with Crippen LogP contribution in [-0.4, -0.2) is 0 Å². The fourth-order valence-corrected chi connectivity index (χ4v) is 3.75. The summed E-state index contributed by atoms with van der Waals surface area (Å²) in [6.07, 6.45) is 6.76. The van der Waals surface area contributed by atoms with Gasteiger partial charge in [0.25, 0.3) is 0 Å². The van der Waals surface area contributed by atoms with Crippen molar-refractivity contribution in [1.82, 2.24) is 0 Å². The SMILES string of the molecule is CC1=CC=C[C]1([Ti+3])C(c1ccccc1)c1ccccc1.[Cl-].[Cl-].[Cl-]. The zero-order valence-electron chi connectivity index (χ0n) is 12.7. The van der Waals surface area contributed by atoms with Crippen molar-refractivity contribution in [3.05, 3.63) is 95.6 Å². The van der Waals surface area contributed by atoms with Gasteiger partial charge in [0.05, 0.1) is 0 Å². The summed E-state index contributed by atoms with van der Waals surface area (Å²) in [7, 11) is 0. The van der Waals surface area contributed by atoms with Crippen LogP contribution in [0.25, 0.3) is 0 Å². The Balaban J connectivity index is 0.00000161. The van der Waals surface area contributed by atoms with Gasteiger partial charge in [-0.25, -0.2) is 0 Å². The minimum absolute atomic E-state index is 0. The van der Waals surface area contributed by atoms with Gasteiger partial charge in [0.2, 0.25) is 0 Å². The molecule has 23 heavy (non-hydrogen) atoms. The molecule has 2 aromatic rings. The Morgan fingerprint density at radius 1 is 0.783 bits per heavy atom. The monoisotopic (exact) mass is 398 g/mol. The van der Waals surface area contributed by atoms with Crippen LogP contribution in [0.4, 0.5) is 0 Å². The van der Waals surface area contributed by atoms with E-state index in [1.54, 1.807) is 0 Å². The largest absolute Gasteiger partial charge is 1.00 e. The Morgan fingerprint density at radius 3 is 1.57 bits per heavy atom. The quantitative estimate of drug-likeness (QED) is 0.463. The maximum absolute atomic E-state index is 2.34. The third-order valence-corrected chi connectivity index (χ3v) is 5.41. The van der Waals surface area contributed by atoms with Gasteiger partial charge in [0, 0.05) is 0 Å². The van der Waals surface area contributed by atoms with Crippen LogP contribution in [0.3, 0.4) is 0 Å². The maximum atomic E-state index is 2.34. The number of halogens is 3. The van der Waals surface area contributed by atoms with E-state index >= 15 is 0 Å². The molecule has 2 aromatic carbocycles. The van der Waals surface area contributed by atoms with Crippen molar-refractivity contribution >= 4 is 0 Å². The topological polar surface area (TPSA) is 0 Å². The van der Waals surface area contributed by atoms with Gasteiger partial charge < -0.3 is 37.2 Å². The van der Waals surface area contributed by atoms with Crippen molar-refractivity contribution in [3.8, 4) is 0 Å². The van der Waals surface area contributed by atoms with Crippen LogP contribution in [-0.2, 0) is 20.4 Å². The molecule has 0 heterocycles. The summed E-state index contributed by atoms with van der Waals surface area (Å²) in [5.41, 5.74) is 4.18. The van der Waals surface area contributed by atoms with E-state index in [4.69, 9.17) is 0 Å². The van der Waals surface area contributed by atoms with E-state index in [0.717, 1.165) is 0 Å². The number of rotatable bonds is 3. The van der Waals surface area contributed by atoms with Crippen LogP contribution >= 0.6 is 0 Å². The summed E-state index contributed by atoms with van der Waals surface area (Å²) in [6.45, 7) is 2.24. The standard InChI is InChI=1S/C19H17.3ClH.Ti/c1-15-9-8-14-18(15)19(16-10-4-2-5-11-16)17-12-6-3-7-13-17;;;;/h2-14,19H,1H3;3*1H;/q;;;;+3/p-3. The van der Waals surface area contributed by atoms with Crippen molar-refractivity contribution in [2.75, 3.05) is 0 Å². The number of hydrogen-bond acceptors (Lipinski definition) is 0. The van der Waals surface area contributed by atoms with E-state index in [-0.39, 0.29) is 40.9 Å². The average molecular weight is 400 g/mol. The van der Waals surface area contributed by atoms with Crippen LogP contribution in [0.1, 0.15) is 24.0 Å². The molecule has 0 fully saturated rings. The molecule has 0 saturated carbocycles. The summed E-state index contributed by atoms with van der Waals surface area (Å²) in [6, 6.07) is 21.6. The Kier molecular flexibility index (Phi) is 9.51. The van der Waals surface area contributed by atoms with Crippen molar-refractivity contribution in [2.24, 2.45) is 0 Å². The molecule has 0 bridgehead atoms. The Morgan fingerprint density at radius 2 is 1.22 bits per heavy atom. The Hall–Kier alpha value is -0.496.